The maximum absolute atomic E-state index is 12.8. The van der Waals surface area contributed by atoms with Crippen LogP contribution in [0.15, 0.2) is 78.9 Å². The fourth-order valence-electron chi connectivity index (χ4n) is 3.07. The minimum absolute atomic E-state index is 0.0969. The molecule has 2 amide bonds. The minimum atomic E-state index is -0.459. The van der Waals surface area contributed by atoms with Gasteiger partial charge in [0.15, 0.2) is 0 Å². The fourth-order valence-corrected chi connectivity index (χ4v) is 3.07. The Morgan fingerprint density at radius 2 is 1.59 bits per heavy atom. The van der Waals surface area contributed by atoms with Crippen LogP contribution in [0.1, 0.15) is 33.9 Å². The van der Waals surface area contributed by atoms with Crippen molar-refractivity contribution in [3.8, 4) is 5.75 Å². The van der Waals surface area contributed by atoms with Crippen molar-refractivity contribution in [1.29, 1.82) is 0 Å². The zero-order valence-corrected chi connectivity index (χ0v) is 16.5. The van der Waals surface area contributed by atoms with Crippen molar-refractivity contribution in [1.82, 2.24) is 5.32 Å². The van der Waals surface area contributed by atoms with Crippen LogP contribution in [0.2, 0.25) is 0 Å². The topological polar surface area (TPSA) is 67.4 Å². The molecule has 0 bridgehead atoms. The van der Waals surface area contributed by atoms with E-state index in [0.29, 0.717) is 17.0 Å². The van der Waals surface area contributed by atoms with Gasteiger partial charge in [0.1, 0.15) is 5.75 Å². The van der Waals surface area contributed by atoms with E-state index in [1.165, 1.54) is 0 Å². The molecule has 0 aromatic heterocycles. The zero-order valence-electron chi connectivity index (χ0n) is 16.5. The molecular formula is C24H24N2O3. The highest BCUT2D eigenvalue weighted by molar-refractivity contribution is 5.96. The van der Waals surface area contributed by atoms with Crippen LogP contribution in [0.25, 0.3) is 0 Å². The highest BCUT2D eigenvalue weighted by Crippen LogP contribution is 2.26. The van der Waals surface area contributed by atoms with E-state index in [1.807, 2.05) is 73.7 Å². The van der Waals surface area contributed by atoms with Gasteiger partial charge in [-0.3, -0.25) is 9.59 Å². The molecule has 0 saturated heterocycles. The van der Waals surface area contributed by atoms with E-state index < -0.39 is 6.04 Å². The van der Waals surface area contributed by atoms with Crippen LogP contribution >= 0.6 is 0 Å². The van der Waals surface area contributed by atoms with E-state index in [-0.39, 0.29) is 18.2 Å². The van der Waals surface area contributed by atoms with Gasteiger partial charge in [-0.05, 0) is 42.3 Å². The van der Waals surface area contributed by atoms with Crippen molar-refractivity contribution in [2.75, 3.05) is 12.4 Å². The highest BCUT2D eigenvalue weighted by atomic mass is 16.5. The lowest BCUT2D eigenvalue weighted by Gasteiger charge is -2.20. The van der Waals surface area contributed by atoms with Crippen LogP contribution in [0.5, 0.6) is 5.75 Å². The third-order valence-electron chi connectivity index (χ3n) is 4.56. The van der Waals surface area contributed by atoms with Gasteiger partial charge in [-0.2, -0.15) is 0 Å². The monoisotopic (exact) mass is 388 g/mol. The van der Waals surface area contributed by atoms with Crippen LogP contribution < -0.4 is 15.4 Å². The van der Waals surface area contributed by atoms with Crippen LogP contribution in [0, 0.1) is 6.92 Å². The van der Waals surface area contributed by atoms with Crippen molar-refractivity contribution in [2.24, 2.45) is 0 Å². The van der Waals surface area contributed by atoms with Gasteiger partial charge in [0.25, 0.3) is 5.91 Å². The first-order valence-corrected chi connectivity index (χ1v) is 9.42. The van der Waals surface area contributed by atoms with E-state index in [9.17, 15) is 9.59 Å². The van der Waals surface area contributed by atoms with Gasteiger partial charge >= 0.3 is 0 Å². The number of amides is 2. The predicted molar refractivity (Wildman–Crippen MR) is 114 cm³/mol. The molecule has 0 aliphatic heterocycles. The van der Waals surface area contributed by atoms with Gasteiger partial charge in [-0.1, -0.05) is 54.6 Å². The van der Waals surface area contributed by atoms with Crippen molar-refractivity contribution >= 4 is 17.5 Å². The SMILES string of the molecule is COc1ccc(C)cc1NC(=O)CC(NC(=O)c1ccccc1)c1ccccc1. The Morgan fingerprint density at radius 3 is 2.24 bits per heavy atom. The Labute approximate surface area is 170 Å². The number of benzene rings is 3. The lowest BCUT2D eigenvalue weighted by atomic mass is 10.0. The molecule has 0 heterocycles. The second-order valence-electron chi connectivity index (χ2n) is 6.76. The smallest absolute Gasteiger partial charge is 0.251 e. The van der Waals surface area contributed by atoms with Crippen molar-refractivity contribution in [3.63, 3.8) is 0 Å². The van der Waals surface area contributed by atoms with Gasteiger partial charge in [0.05, 0.1) is 25.3 Å². The molecular weight excluding hydrogens is 364 g/mol. The number of hydrogen-bond acceptors (Lipinski definition) is 3. The molecule has 148 valence electrons. The molecule has 0 aliphatic rings. The van der Waals surface area contributed by atoms with Crippen molar-refractivity contribution in [2.45, 2.75) is 19.4 Å². The van der Waals surface area contributed by atoms with Crippen LogP contribution in [0.4, 0.5) is 5.69 Å². The summed E-state index contributed by atoms with van der Waals surface area (Å²) in [6, 6.07) is 23.6. The summed E-state index contributed by atoms with van der Waals surface area (Å²) in [5.74, 6) is 0.157. The fraction of sp³-hybridized carbons (Fsp3) is 0.167. The van der Waals surface area contributed by atoms with E-state index in [1.54, 1.807) is 19.2 Å². The summed E-state index contributed by atoms with van der Waals surface area (Å²) in [7, 11) is 1.56. The molecule has 29 heavy (non-hydrogen) atoms. The quantitative estimate of drug-likeness (QED) is 0.626. The molecule has 5 nitrogen and oxygen atoms in total. The summed E-state index contributed by atoms with van der Waals surface area (Å²) in [6.45, 7) is 1.95. The second kappa shape index (κ2) is 9.55. The molecule has 0 aliphatic carbocycles. The lowest BCUT2D eigenvalue weighted by molar-refractivity contribution is -0.116. The molecule has 3 aromatic carbocycles. The van der Waals surface area contributed by atoms with E-state index in [4.69, 9.17) is 4.74 Å². The first-order chi connectivity index (χ1) is 14.1. The maximum Gasteiger partial charge on any atom is 0.251 e. The number of methoxy groups -OCH3 is 1. The predicted octanol–water partition coefficient (Wildman–Crippen LogP) is 4.50. The molecule has 3 rings (SSSR count). The summed E-state index contributed by atoms with van der Waals surface area (Å²) in [5, 5.41) is 5.88. The molecule has 1 unspecified atom stereocenters. The van der Waals surface area contributed by atoms with Gasteiger partial charge in [0.2, 0.25) is 5.91 Å². The molecule has 0 radical (unpaired) electrons. The van der Waals surface area contributed by atoms with Gasteiger partial charge in [0, 0.05) is 5.56 Å². The standard InChI is InChI=1S/C24H24N2O3/c1-17-13-14-22(29-2)21(15-17)25-23(27)16-20(18-9-5-3-6-10-18)26-24(28)19-11-7-4-8-12-19/h3-15,20H,16H2,1-2H3,(H,25,27)(H,26,28). The lowest BCUT2D eigenvalue weighted by Crippen LogP contribution is -2.31. The largest absolute Gasteiger partial charge is 0.495 e. The van der Waals surface area contributed by atoms with E-state index in [2.05, 4.69) is 10.6 Å². The Morgan fingerprint density at radius 1 is 0.931 bits per heavy atom. The third-order valence-corrected chi connectivity index (χ3v) is 4.56. The van der Waals surface area contributed by atoms with Gasteiger partial charge < -0.3 is 15.4 Å². The third kappa shape index (κ3) is 5.45. The normalized spacial score (nSPS) is 11.4. The zero-order chi connectivity index (χ0) is 20.6. The van der Waals surface area contributed by atoms with Gasteiger partial charge in [-0.15, -0.1) is 0 Å². The maximum atomic E-state index is 12.8. The van der Waals surface area contributed by atoms with E-state index in [0.717, 1.165) is 11.1 Å². The number of rotatable bonds is 7. The van der Waals surface area contributed by atoms with Crippen molar-refractivity contribution in [3.05, 3.63) is 95.6 Å². The van der Waals surface area contributed by atoms with Gasteiger partial charge in [-0.25, -0.2) is 0 Å². The molecule has 2 N–H and O–H groups in total. The number of nitrogens with one attached hydrogen (secondary N) is 2. The number of ether oxygens (including phenoxy) is 1. The molecule has 0 saturated carbocycles. The first kappa shape index (κ1) is 20.1. The summed E-state index contributed by atoms with van der Waals surface area (Å²) >= 11 is 0. The Hall–Kier alpha value is -3.60. The molecule has 0 spiro atoms. The summed E-state index contributed by atoms with van der Waals surface area (Å²) in [6.07, 6.45) is 0.0969. The Bertz CT molecular complexity index is 972. The molecule has 5 heteroatoms. The molecule has 0 fully saturated rings. The summed E-state index contributed by atoms with van der Waals surface area (Å²) in [5.41, 5.74) is 3.04. The Kier molecular flexibility index (Phi) is 6.63. The summed E-state index contributed by atoms with van der Waals surface area (Å²) in [4.78, 5) is 25.4. The number of carbonyl (C=O) groups excluding carboxylic acids is 2. The van der Waals surface area contributed by atoms with Crippen molar-refractivity contribution < 1.29 is 14.3 Å². The minimum Gasteiger partial charge on any atom is -0.495 e. The first-order valence-electron chi connectivity index (χ1n) is 9.42. The average molecular weight is 388 g/mol. The molecule has 3 aromatic rings. The Balaban J connectivity index is 1.77. The van der Waals surface area contributed by atoms with E-state index >= 15 is 0 Å². The van der Waals surface area contributed by atoms with Crippen LogP contribution in [0.3, 0.4) is 0 Å². The number of anilines is 1. The summed E-state index contributed by atoms with van der Waals surface area (Å²) < 4.78 is 5.33. The second-order valence-corrected chi connectivity index (χ2v) is 6.76. The van der Waals surface area contributed by atoms with Crippen LogP contribution in [-0.2, 0) is 4.79 Å². The highest BCUT2D eigenvalue weighted by Gasteiger charge is 2.20. The number of aryl methyl sites for hydroxylation is 1. The number of hydrogen-bond donors (Lipinski definition) is 2. The average Bonchev–Trinajstić information content (AvgIpc) is 2.74. The molecule has 1 atom stereocenters. The van der Waals surface area contributed by atoms with Crippen LogP contribution in [-0.4, -0.2) is 18.9 Å². The number of carbonyl (C=O) groups is 2.